The Balaban J connectivity index is 2.34. The van der Waals surface area contributed by atoms with Crippen LogP contribution in [0.15, 0.2) is 41.0 Å². The van der Waals surface area contributed by atoms with Crippen LogP contribution >= 0.6 is 31.9 Å². The molecule has 0 amide bonds. The standard InChI is InChI=1S/C13H11Br2NO/c1-9-4-5-11(15)7-12(9)17-13-10(8-14)3-2-6-16-13/h2-7H,8H2,1H3. The van der Waals surface area contributed by atoms with Gasteiger partial charge in [0.15, 0.2) is 0 Å². The van der Waals surface area contributed by atoms with Gasteiger partial charge in [0.25, 0.3) is 0 Å². The van der Waals surface area contributed by atoms with E-state index in [0.717, 1.165) is 26.7 Å². The zero-order chi connectivity index (χ0) is 12.3. The Morgan fingerprint density at radius 2 is 2.12 bits per heavy atom. The van der Waals surface area contributed by atoms with Crippen molar-refractivity contribution in [1.82, 2.24) is 4.98 Å². The fraction of sp³-hybridized carbons (Fsp3) is 0.154. The highest BCUT2D eigenvalue weighted by atomic mass is 79.9. The molecule has 0 saturated heterocycles. The minimum atomic E-state index is 0.644. The van der Waals surface area contributed by atoms with E-state index in [9.17, 15) is 0 Å². The number of ether oxygens (including phenoxy) is 1. The number of benzene rings is 1. The number of aromatic nitrogens is 1. The molecule has 2 aromatic rings. The minimum Gasteiger partial charge on any atom is -0.438 e. The summed E-state index contributed by atoms with van der Waals surface area (Å²) in [5, 5.41) is 0.725. The number of aryl methyl sites for hydroxylation is 1. The van der Waals surface area contributed by atoms with Crippen LogP contribution in [0.1, 0.15) is 11.1 Å². The van der Waals surface area contributed by atoms with Crippen molar-refractivity contribution in [3.63, 3.8) is 0 Å². The van der Waals surface area contributed by atoms with Crippen molar-refractivity contribution in [1.29, 1.82) is 0 Å². The van der Waals surface area contributed by atoms with Crippen molar-refractivity contribution in [2.24, 2.45) is 0 Å². The van der Waals surface area contributed by atoms with Crippen molar-refractivity contribution >= 4 is 31.9 Å². The van der Waals surface area contributed by atoms with Gasteiger partial charge < -0.3 is 4.74 Å². The van der Waals surface area contributed by atoms with Gasteiger partial charge in [-0.1, -0.05) is 44.0 Å². The predicted octanol–water partition coefficient (Wildman–Crippen LogP) is 4.84. The minimum absolute atomic E-state index is 0.644. The molecule has 2 rings (SSSR count). The molecule has 0 unspecified atom stereocenters. The first-order valence-corrected chi connectivity index (χ1v) is 7.06. The molecule has 1 aromatic carbocycles. The summed E-state index contributed by atoms with van der Waals surface area (Å²) in [6, 6.07) is 9.84. The highest BCUT2D eigenvalue weighted by molar-refractivity contribution is 9.10. The third kappa shape index (κ3) is 3.07. The van der Waals surface area contributed by atoms with E-state index in [2.05, 4.69) is 36.8 Å². The smallest absolute Gasteiger partial charge is 0.223 e. The molecule has 0 bridgehead atoms. The third-order valence-corrected chi connectivity index (χ3v) is 3.45. The monoisotopic (exact) mass is 355 g/mol. The second-order valence-electron chi connectivity index (χ2n) is 3.61. The Labute approximate surface area is 117 Å². The fourth-order valence-corrected chi connectivity index (χ4v) is 2.17. The van der Waals surface area contributed by atoms with Gasteiger partial charge in [-0.3, -0.25) is 0 Å². The lowest BCUT2D eigenvalue weighted by Gasteiger charge is -2.10. The van der Waals surface area contributed by atoms with Gasteiger partial charge in [0.1, 0.15) is 5.75 Å². The molecule has 0 radical (unpaired) electrons. The topological polar surface area (TPSA) is 22.1 Å². The molecule has 0 N–H and O–H groups in total. The number of halogens is 2. The molecule has 0 aliphatic heterocycles. The molecule has 2 nitrogen and oxygen atoms in total. The van der Waals surface area contributed by atoms with E-state index in [-0.39, 0.29) is 0 Å². The summed E-state index contributed by atoms with van der Waals surface area (Å²) in [6.45, 7) is 2.01. The lowest BCUT2D eigenvalue weighted by molar-refractivity contribution is 0.455. The van der Waals surface area contributed by atoms with Crippen molar-refractivity contribution in [2.45, 2.75) is 12.3 Å². The number of rotatable bonds is 3. The summed E-state index contributed by atoms with van der Waals surface area (Å²) in [5.41, 5.74) is 2.12. The normalized spacial score (nSPS) is 10.3. The molecular weight excluding hydrogens is 346 g/mol. The second kappa shape index (κ2) is 5.65. The van der Waals surface area contributed by atoms with Crippen molar-refractivity contribution in [3.05, 3.63) is 52.1 Å². The van der Waals surface area contributed by atoms with Crippen molar-refractivity contribution in [3.8, 4) is 11.6 Å². The van der Waals surface area contributed by atoms with Gasteiger partial charge in [0.2, 0.25) is 5.88 Å². The lowest BCUT2D eigenvalue weighted by Crippen LogP contribution is -1.94. The lowest BCUT2D eigenvalue weighted by atomic mass is 10.2. The van der Waals surface area contributed by atoms with E-state index in [1.54, 1.807) is 6.20 Å². The van der Waals surface area contributed by atoms with Crippen molar-refractivity contribution < 1.29 is 4.74 Å². The average Bonchev–Trinajstić information content (AvgIpc) is 2.34. The first-order valence-electron chi connectivity index (χ1n) is 5.14. The van der Waals surface area contributed by atoms with E-state index < -0.39 is 0 Å². The van der Waals surface area contributed by atoms with Gasteiger partial charge in [-0.05, 0) is 30.7 Å². The van der Waals surface area contributed by atoms with Crippen molar-refractivity contribution in [2.75, 3.05) is 0 Å². The number of nitrogens with zero attached hydrogens (tertiary/aromatic N) is 1. The Bertz CT molecular complexity index is 529. The number of alkyl halides is 1. The Kier molecular flexibility index (Phi) is 4.18. The van der Waals surface area contributed by atoms with E-state index in [1.165, 1.54) is 0 Å². The SMILES string of the molecule is Cc1ccc(Br)cc1Oc1ncccc1CBr. The fourth-order valence-electron chi connectivity index (χ4n) is 1.41. The maximum Gasteiger partial charge on any atom is 0.223 e. The van der Waals surface area contributed by atoms with Crippen LogP contribution in [0.25, 0.3) is 0 Å². The molecule has 0 atom stereocenters. The highest BCUT2D eigenvalue weighted by Crippen LogP contribution is 2.29. The third-order valence-electron chi connectivity index (χ3n) is 2.35. The molecule has 88 valence electrons. The zero-order valence-corrected chi connectivity index (χ0v) is 12.5. The number of hydrogen-bond acceptors (Lipinski definition) is 2. The van der Waals surface area contributed by atoms with Crippen LogP contribution in [-0.4, -0.2) is 4.98 Å². The van der Waals surface area contributed by atoms with E-state index in [0.29, 0.717) is 5.88 Å². The first kappa shape index (κ1) is 12.6. The summed E-state index contributed by atoms with van der Waals surface area (Å²) >= 11 is 6.86. The Morgan fingerprint density at radius 1 is 1.29 bits per heavy atom. The summed E-state index contributed by atoms with van der Waals surface area (Å²) in [6.07, 6.45) is 1.73. The molecule has 17 heavy (non-hydrogen) atoms. The van der Waals surface area contributed by atoms with Gasteiger partial charge >= 0.3 is 0 Å². The molecule has 1 heterocycles. The van der Waals surface area contributed by atoms with Crippen LogP contribution in [0.2, 0.25) is 0 Å². The van der Waals surface area contributed by atoms with E-state index >= 15 is 0 Å². The molecule has 1 aromatic heterocycles. The van der Waals surface area contributed by atoms with Gasteiger partial charge in [0.05, 0.1) is 0 Å². The maximum absolute atomic E-state index is 5.84. The van der Waals surface area contributed by atoms with Gasteiger partial charge in [0, 0.05) is 21.6 Å². The second-order valence-corrected chi connectivity index (χ2v) is 5.09. The summed E-state index contributed by atoms with van der Waals surface area (Å²) < 4.78 is 6.84. The Morgan fingerprint density at radius 3 is 2.88 bits per heavy atom. The van der Waals surface area contributed by atoms with Crippen LogP contribution in [0.4, 0.5) is 0 Å². The van der Waals surface area contributed by atoms with Gasteiger partial charge in [-0.15, -0.1) is 0 Å². The van der Waals surface area contributed by atoms with Gasteiger partial charge in [-0.2, -0.15) is 0 Å². The van der Waals surface area contributed by atoms with Crippen LogP contribution in [0.5, 0.6) is 11.6 Å². The largest absolute Gasteiger partial charge is 0.438 e. The van der Waals surface area contributed by atoms with Crippen LogP contribution in [0.3, 0.4) is 0 Å². The maximum atomic E-state index is 5.84. The quantitative estimate of drug-likeness (QED) is 0.734. The average molecular weight is 357 g/mol. The van der Waals surface area contributed by atoms with Gasteiger partial charge in [-0.25, -0.2) is 4.98 Å². The summed E-state index contributed by atoms with van der Waals surface area (Å²) in [4.78, 5) is 4.25. The summed E-state index contributed by atoms with van der Waals surface area (Å²) in [5.74, 6) is 1.46. The molecule has 0 saturated carbocycles. The van der Waals surface area contributed by atoms with Crippen LogP contribution in [0, 0.1) is 6.92 Å². The first-order chi connectivity index (χ1) is 8.20. The number of hydrogen-bond donors (Lipinski definition) is 0. The number of pyridine rings is 1. The summed E-state index contributed by atoms with van der Waals surface area (Å²) in [7, 11) is 0. The highest BCUT2D eigenvalue weighted by Gasteiger charge is 2.07. The molecule has 0 spiro atoms. The molecule has 4 heteroatoms. The van der Waals surface area contributed by atoms with Crippen LogP contribution < -0.4 is 4.74 Å². The zero-order valence-electron chi connectivity index (χ0n) is 9.28. The molecule has 0 fully saturated rings. The van der Waals surface area contributed by atoms with E-state index in [4.69, 9.17) is 4.74 Å². The van der Waals surface area contributed by atoms with Crippen LogP contribution in [-0.2, 0) is 5.33 Å². The molecule has 0 aliphatic rings. The Hall–Kier alpha value is -0.870. The van der Waals surface area contributed by atoms with E-state index in [1.807, 2.05) is 37.3 Å². The molecular formula is C13H11Br2NO. The predicted molar refractivity (Wildman–Crippen MR) is 75.8 cm³/mol. The molecule has 0 aliphatic carbocycles.